The highest BCUT2D eigenvalue weighted by atomic mass is 35.5. The molecule has 7 nitrogen and oxygen atoms in total. The summed E-state index contributed by atoms with van der Waals surface area (Å²) >= 11 is 11.9. The minimum Gasteiger partial charge on any atom is -0.426 e. The van der Waals surface area contributed by atoms with Gasteiger partial charge in [-0.25, -0.2) is 0 Å². The van der Waals surface area contributed by atoms with E-state index < -0.39 is 30.9 Å². The Morgan fingerprint density at radius 1 is 1.23 bits per heavy atom. The van der Waals surface area contributed by atoms with E-state index in [2.05, 4.69) is 10.6 Å². The predicted octanol–water partition coefficient (Wildman–Crippen LogP) is 1.28. The first-order chi connectivity index (χ1) is 12.1. The molecular weight excluding hydrogens is 382 g/mol. The van der Waals surface area contributed by atoms with Gasteiger partial charge in [-0.05, 0) is 30.5 Å². The third-order valence-corrected chi connectivity index (χ3v) is 4.11. The lowest BCUT2D eigenvalue weighted by molar-refractivity contribution is -0.124. The summed E-state index contributed by atoms with van der Waals surface area (Å²) in [5.41, 5.74) is 0.119. The largest absolute Gasteiger partial charge is 0.475 e. The van der Waals surface area contributed by atoms with Gasteiger partial charge < -0.3 is 25.4 Å². The normalized spacial score (nSPS) is 13.2. The number of carbonyl (C=O) groups excluding carboxylic acids is 2. The highest BCUT2D eigenvalue weighted by molar-refractivity contribution is 6.43. The zero-order valence-electron chi connectivity index (χ0n) is 14.8. The Kier molecular flexibility index (Phi) is 9.39. The molecule has 26 heavy (non-hydrogen) atoms. The molecule has 0 saturated heterocycles. The summed E-state index contributed by atoms with van der Waals surface area (Å²) in [5, 5.41) is 24.4. The fourth-order valence-corrected chi connectivity index (χ4v) is 2.68. The van der Waals surface area contributed by atoms with Crippen LogP contribution in [0.25, 0.3) is 0 Å². The number of hydrogen-bond donors (Lipinski definition) is 4. The molecule has 1 rings (SSSR count). The molecule has 1 aromatic rings. The second-order valence-electron chi connectivity index (χ2n) is 6.26. The van der Waals surface area contributed by atoms with Gasteiger partial charge in [0.15, 0.2) is 0 Å². The van der Waals surface area contributed by atoms with E-state index in [0.717, 1.165) is 0 Å². The molecule has 144 valence electrons. The van der Waals surface area contributed by atoms with Crippen molar-refractivity contribution in [3.05, 3.63) is 33.8 Å². The topological polar surface area (TPSA) is 108 Å². The van der Waals surface area contributed by atoms with E-state index in [1.165, 1.54) is 19.2 Å². The van der Waals surface area contributed by atoms with E-state index in [0.29, 0.717) is 11.4 Å². The molecule has 0 aromatic heterocycles. The summed E-state index contributed by atoms with van der Waals surface area (Å²) in [6, 6.07) is 3.36. The SMILES string of the molecule is COC[C@H](NC(=O)c1cc(Cl)ccc1Cl)C(=O)N[C@@H](CC(C)C)B(O)O. The average Bonchev–Trinajstić information content (AvgIpc) is 2.55. The van der Waals surface area contributed by atoms with Crippen molar-refractivity contribution in [2.24, 2.45) is 5.92 Å². The van der Waals surface area contributed by atoms with E-state index in [-0.39, 0.29) is 23.1 Å². The monoisotopic (exact) mass is 404 g/mol. The number of amides is 2. The van der Waals surface area contributed by atoms with Crippen molar-refractivity contribution >= 4 is 42.1 Å². The Hall–Kier alpha value is -1.32. The van der Waals surface area contributed by atoms with Crippen LogP contribution in [-0.4, -0.2) is 54.7 Å². The Labute approximate surface area is 163 Å². The van der Waals surface area contributed by atoms with Crippen molar-refractivity contribution in [3.63, 3.8) is 0 Å². The predicted molar refractivity (Wildman–Crippen MR) is 101 cm³/mol. The van der Waals surface area contributed by atoms with Crippen LogP contribution in [0.1, 0.15) is 30.6 Å². The molecule has 2 atom stereocenters. The molecule has 0 unspecified atom stereocenters. The van der Waals surface area contributed by atoms with Crippen LogP contribution < -0.4 is 10.6 Å². The summed E-state index contributed by atoms with van der Waals surface area (Å²) in [6.45, 7) is 3.67. The molecule has 0 saturated carbocycles. The first kappa shape index (κ1) is 22.7. The smallest absolute Gasteiger partial charge is 0.426 e. The lowest BCUT2D eigenvalue weighted by Crippen LogP contribution is -2.55. The van der Waals surface area contributed by atoms with Gasteiger partial charge >= 0.3 is 7.12 Å². The molecule has 0 radical (unpaired) electrons. The molecule has 0 aliphatic carbocycles. The van der Waals surface area contributed by atoms with Gasteiger partial charge in [0.2, 0.25) is 5.91 Å². The average molecular weight is 405 g/mol. The lowest BCUT2D eigenvalue weighted by Gasteiger charge is -2.24. The number of carbonyl (C=O) groups is 2. The Morgan fingerprint density at radius 3 is 2.42 bits per heavy atom. The van der Waals surface area contributed by atoms with E-state index in [1.54, 1.807) is 6.07 Å². The van der Waals surface area contributed by atoms with Gasteiger partial charge in [0.05, 0.1) is 23.1 Å². The molecule has 0 aliphatic rings. The second-order valence-corrected chi connectivity index (χ2v) is 7.11. The van der Waals surface area contributed by atoms with Gasteiger partial charge in [-0.1, -0.05) is 37.0 Å². The number of nitrogens with one attached hydrogen (secondary N) is 2. The molecule has 1 aromatic carbocycles. The van der Waals surface area contributed by atoms with Crippen LogP contribution in [-0.2, 0) is 9.53 Å². The fourth-order valence-electron chi connectivity index (χ4n) is 2.30. The summed E-state index contributed by atoms with van der Waals surface area (Å²) in [7, 11) is -0.340. The van der Waals surface area contributed by atoms with Crippen LogP contribution in [0.5, 0.6) is 0 Å². The molecule has 0 bridgehead atoms. The number of ether oxygens (including phenoxy) is 1. The third kappa shape index (κ3) is 7.13. The maximum absolute atomic E-state index is 12.5. The van der Waals surface area contributed by atoms with Gasteiger partial charge in [0, 0.05) is 12.1 Å². The van der Waals surface area contributed by atoms with Crippen molar-refractivity contribution < 1.29 is 24.4 Å². The minimum atomic E-state index is -1.72. The zero-order valence-corrected chi connectivity index (χ0v) is 16.3. The van der Waals surface area contributed by atoms with Crippen molar-refractivity contribution in [3.8, 4) is 0 Å². The molecule has 10 heteroatoms. The first-order valence-corrected chi connectivity index (χ1v) is 8.82. The summed E-state index contributed by atoms with van der Waals surface area (Å²) in [4.78, 5) is 24.9. The molecular formula is C16H23BCl2N2O5. The fraction of sp³-hybridized carbons (Fsp3) is 0.500. The quantitative estimate of drug-likeness (QED) is 0.463. The molecule has 2 amide bonds. The van der Waals surface area contributed by atoms with Gasteiger partial charge in [-0.2, -0.15) is 0 Å². The van der Waals surface area contributed by atoms with Crippen LogP contribution in [0, 0.1) is 5.92 Å². The van der Waals surface area contributed by atoms with Crippen LogP contribution in [0.2, 0.25) is 10.0 Å². The van der Waals surface area contributed by atoms with Crippen LogP contribution in [0.15, 0.2) is 18.2 Å². The van der Waals surface area contributed by atoms with Crippen LogP contribution in [0.4, 0.5) is 0 Å². The number of methoxy groups -OCH3 is 1. The minimum absolute atomic E-state index is 0.105. The van der Waals surface area contributed by atoms with Gasteiger partial charge in [-0.3, -0.25) is 9.59 Å². The van der Waals surface area contributed by atoms with Crippen molar-refractivity contribution in [1.29, 1.82) is 0 Å². The number of benzene rings is 1. The highest BCUT2D eigenvalue weighted by Gasteiger charge is 2.30. The van der Waals surface area contributed by atoms with Gasteiger partial charge in [-0.15, -0.1) is 0 Å². The maximum atomic E-state index is 12.5. The lowest BCUT2D eigenvalue weighted by atomic mass is 9.75. The standard InChI is InChI=1S/C16H23BCl2N2O5/c1-9(2)6-14(17(24)25)21-16(23)13(8-26-3)20-15(22)11-7-10(18)4-5-12(11)19/h4-5,7,9,13-14,24-25H,6,8H2,1-3H3,(H,20,22)(H,21,23)/t13-,14-/m0/s1. The molecule has 0 spiro atoms. The van der Waals surface area contributed by atoms with Crippen molar-refractivity contribution in [1.82, 2.24) is 10.6 Å². The van der Waals surface area contributed by atoms with Crippen LogP contribution >= 0.6 is 23.2 Å². The number of rotatable bonds is 9. The number of halogens is 2. The molecule has 4 N–H and O–H groups in total. The van der Waals surface area contributed by atoms with Crippen LogP contribution in [0.3, 0.4) is 0 Å². The highest BCUT2D eigenvalue weighted by Crippen LogP contribution is 2.20. The Bertz CT molecular complexity index is 631. The van der Waals surface area contributed by atoms with E-state index in [1.807, 2.05) is 13.8 Å². The summed E-state index contributed by atoms with van der Waals surface area (Å²) < 4.78 is 4.98. The first-order valence-electron chi connectivity index (χ1n) is 8.07. The second kappa shape index (κ2) is 10.7. The number of hydrogen-bond acceptors (Lipinski definition) is 5. The Balaban J connectivity index is 2.88. The van der Waals surface area contributed by atoms with E-state index >= 15 is 0 Å². The maximum Gasteiger partial charge on any atom is 0.475 e. The summed E-state index contributed by atoms with van der Waals surface area (Å²) in [5.74, 6) is -1.94. The van der Waals surface area contributed by atoms with Gasteiger partial charge in [0.25, 0.3) is 5.91 Å². The van der Waals surface area contributed by atoms with E-state index in [9.17, 15) is 19.6 Å². The summed E-state index contributed by atoms with van der Waals surface area (Å²) in [6.07, 6.45) is 0.358. The van der Waals surface area contributed by atoms with Gasteiger partial charge in [0.1, 0.15) is 6.04 Å². The van der Waals surface area contributed by atoms with Crippen molar-refractivity contribution in [2.45, 2.75) is 32.3 Å². The third-order valence-electron chi connectivity index (χ3n) is 3.54. The van der Waals surface area contributed by atoms with E-state index in [4.69, 9.17) is 27.9 Å². The molecule has 0 aliphatic heterocycles. The molecule has 0 fully saturated rings. The Morgan fingerprint density at radius 2 is 1.88 bits per heavy atom. The zero-order chi connectivity index (χ0) is 19.9. The molecule has 0 heterocycles. The van der Waals surface area contributed by atoms with Crippen molar-refractivity contribution in [2.75, 3.05) is 13.7 Å².